The van der Waals surface area contributed by atoms with E-state index in [-0.39, 0.29) is 5.75 Å². The molecule has 0 spiro atoms. The zero-order chi connectivity index (χ0) is 18.7. The minimum atomic E-state index is -3.42. The number of methoxy groups -OCH3 is 1. The SMILES string of the molecule is CCn1ncc2cc(CS(=O)(=O)N(C)Cc3ccc(OC)cc3)ccc21. The zero-order valence-electron chi connectivity index (χ0n) is 15.2. The van der Waals surface area contributed by atoms with Crippen molar-refractivity contribution in [3.63, 3.8) is 0 Å². The third-order valence-corrected chi connectivity index (χ3v) is 6.17. The average molecular weight is 373 g/mol. The molecule has 6 nitrogen and oxygen atoms in total. The molecule has 0 radical (unpaired) electrons. The number of aryl methyl sites for hydroxylation is 1. The van der Waals surface area contributed by atoms with Gasteiger partial charge in [-0.1, -0.05) is 18.2 Å². The topological polar surface area (TPSA) is 64.4 Å². The summed E-state index contributed by atoms with van der Waals surface area (Å²) in [7, 11) is -0.212. The molecule has 0 aliphatic heterocycles. The summed E-state index contributed by atoms with van der Waals surface area (Å²) in [6, 6.07) is 13.1. The maximum atomic E-state index is 12.7. The first-order valence-corrected chi connectivity index (χ1v) is 10.0. The molecule has 0 atom stereocenters. The molecule has 2 aromatic carbocycles. The van der Waals surface area contributed by atoms with Gasteiger partial charge in [-0.3, -0.25) is 4.68 Å². The second kappa shape index (κ2) is 7.47. The lowest BCUT2D eigenvalue weighted by Crippen LogP contribution is -2.27. The molecule has 0 N–H and O–H groups in total. The summed E-state index contributed by atoms with van der Waals surface area (Å²) < 4.78 is 33.8. The van der Waals surface area contributed by atoms with E-state index in [0.717, 1.165) is 34.3 Å². The summed E-state index contributed by atoms with van der Waals surface area (Å²) in [6.07, 6.45) is 1.77. The fourth-order valence-corrected chi connectivity index (χ4v) is 4.05. The lowest BCUT2D eigenvalue weighted by molar-refractivity contribution is 0.414. The molecule has 0 saturated carbocycles. The van der Waals surface area contributed by atoms with Crippen molar-refractivity contribution in [1.82, 2.24) is 14.1 Å². The van der Waals surface area contributed by atoms with E-state index in [1.165, 1.54) is 4.31 Å². The van der Waals surface area contributed by atoms with Gasteiger partial charge in [0.05, 0.1) is 24.6 Å². The number of benzene rings is 2. The Morgan fingerprint density at radius 3 is 2.46 bits per heavy atom. The zero-order valence-corrected chi connectivity index (χ0v) is 16.0. The van der Waals surface area contributed by atoms with Gasteiger partial charge in [-0.2, -0.15) is 5.10 Å². The van der Waals surface area contributed by atoms with Gasteiger partial charge in [-0.05, 0) is 42.3 Å². The van der Waals surface area contributed by atoms with Crippen molar-refractivity contribution in [2.24, 2.45) is 0 Å². The van der Waals surface area contributed by atoms with Crippen LogP contribution < -0.4 is 4.74 Å². The van der Waals surface area contributed by atoms with Crippen LogP contribution in [0.15, 0.2) is 48.7 Å². The molecule has 0 aliphatic carbocycles. The number of nitrogens with zero attached hydrogens (tertiary/aromatic N) is 3. The molecule has 1 aromatic heterocycles. The maximum Gasteiger partial charge on any atom is 0.218 e. The first kappa shape index (κ1) is 18.4. The third-order valence-electron chi connectivity index (χ3n) is 4.39. The summed E-state index contributed by atoms with van der Waals surface area (Å²) >= 11 is 0. The molecule has 26 heavy (non-hydrogen) atoms. The van der Waals surface area contributed by atoms with Gasteiger partial charge in [-0.25, -0.2) is 12.7 Å². The van der Waals surface area contributed by atoms with Crippen molar-refractivity contribution in [3.8, 4) is 5.75 Å². The van der Waals surface area contributed by atoms with Gasteiger partial charge in [-0.15, -0.1) is 0 Å². The van der Waals surface area contributed by atoms with Crippen LogP contribution in [0.25, 0.3) is 10.9 Å². The average Bonchev–Trinajstić information content (AvgIpc) is 3.04. The van der Waals surface area contributed by atoms with E-state index >= 15 is 0 Å². The number of ether oxygens (including phenoxy) is 1. The first-order valence-electron chi connectivity index (χ1n) is 8.44. The normalized spacial score (nSPS) is 12.0. The Hall–Kier alpha value is -2.38. The molecule has 7 heteroatoms. The standard InChI is InChI=1S/C19H23N3O3S/c1-4-22-19-10-7-16(11-17(19)12-20-22)14-26(23,24)21(2)13-15-5-8-18(25-3)9-6-15/h5-12H,4,13-14H2,1-3H3. The van der Waals surface area contributed by atoms with Gasteiger partial charge < -0.3 is 4.74 Å². The molecule has 0 unspecified atom stereocenters. The van der Waals surface area contributed by atoms with Crippen LogP contribution in [0.2, 0.25) is 0 Å². The monoisotopic (exact) mass is 373 g/mol. The molecule has 3 aromatic rings. The molecule has 0 aliphatic rings. The summed E-state index contributed by atoms with van der Waals surface area (Å²) in [5, 5.41) is 5.26. The van der Waals surface area contributed by atoms with E-state index in [0.29, 0.717) is 6.54 Å². The Morgan fingerprint density at radius 2 is 1.81 bits per heavy atom. The van der Waals surface area contributed by atoms with Crippen LogP contribution in [-0.2, 0) is 28.9 Å². The van der Waals surface area contributed by atoms with Crippen LogP contribution in [0.3, 0.4) is 0 Å². The largest absolute Gasteiger partial charge is 0.497 e. The highest BCUT2D eigenvalue weighted by atomic mass is 32.2. The van der Waals surface area contributed by atoms with Crippen molar-refractivity contribution in [1.29, 1.82) is 0 Å². The van der Waals surface area contributed by atoms with E-state index in [9.17, 15) is 8.42 Å². The van der Waals surface area contributed by atoms with Crippen LogP contribution in [0.5, 0.6) is 5.75 Å². The Kier molecular flexibility index (Phi) is 5.29. The Morgan fingerprint density at radius 1 is 1.12 bits per heavy atom. The minimum absolute atomic E-state index is 0.0348. The predicted octanol–water partition coefficient (Wildman–Crippen LogP) is 3.03. The summed E-state index contributed by atoms with van der Waals surface area (Å²) in [6.45, 7) is 3.13. The second-order valence-electron chi connectivity index (χ2n) is 6.21. The highest BCUT2D eigenvalue weighted by Crippen LogP contribution is 2.20. The fourth-order valence-electron chi connectivity index (χ4n) is 2.89. The van der Waals surface area contributed by atoms with Crippen molar-refractivity contribution in [3.05, 3.63) is 59.8 Å². The second-order valence-corrected chi connectivity index (χ2v) is 8.29. The molecular formula is C19H23N3O3S. The van der Waals surface area contributed by atoms with E-state index < -0.39 is 10.0 Å². The van der Waals surface area contributed by atoms with Crippen molar-refractivity contribution in [2.45, 2.75) is 25.8 Å². The van der Waals surface area contributed by atoms with Crippen LogP contribution in [0, 0.1) is 0 Å². The van der Waals surface area contributed by atoms with Gasteiger partial charge in [0.1, 0.15) is 5.75 Å². The summed E-state index contributed by atoms with van der Waals surface area (Å²) in [4.78, 5) is 0. The number of hydrogen-bond donors (Lipinski definition) is 0. The predicted molar refractivity (Wildman–Crippen MR) is 102 cm³/mol. The van der Waals surface area contributed by atoms with Crippen molar-refractivity contribution >= 4 is 20.9 Å². The van der Waals surface area contributed by atoms with E-state index in [1.807, 2.05) is 54.1 Å². The highest BCUT2D eigenvalue weighted by Gasteiger charge is 2.19. The summed E-state index contributed by atoms with van der Waals surface area (Å²) in [5.41, 5.74) is 2.69. The third kappa shape index (κ3) is 3.89. The van der Waals surface area contributed by atoms with Gasteiger partial charge in [0.2, 0.25) is 10.0 Å². The molecule has 0 saturated heterocycles. The highest BCUT2D eigenvalue weighted by molar-refractivity contribution is 7.88. The van der Waals surface area contributed by atoms with E-state index in [2.05, 4.69) is 5.10 Å². The Labute approximate surface area is 154 Å². The smallest absolute Gasteiger partial charge is 0.218 e. The molecule has 3 rings (SSSR count). The number of rotatable bonds is 7. The van der Waals surface area contributed by atoms with Crippen molar-refractivity contribution < 1.29 is 13.2 Å². The Bertz CT molecular complexity index is 995. The lowest BCUT2D eigenvalue weighted by Gasteiger charge is -2.17. The maximum absolute atomic E-state index is 12.7. The molecular weight excluding hydrogens is 350 g/mol. The molecule has 0 fully saturated rings. The fraction of sp³-hybridized carbons (Fsp3) is 0.316. The number of fused-ring (bicyclic) bond motifs is 1. The van der Waals surface area contributed by atoms with Crippen LogP contribution in [-0.4, -0.2) is 36.7 Å². The van der Waals surface area contributed by atoms with Crippen LogP contribution in [0.1, 0.15) is 18.1 Å². The van der Waals surface area contributed by atoms with Gasteiger partial charge in [0.25, 0.3) is 0 Å². The minimum Gasteiger partial charge on any atom is -0.497 e. The molecule has 138 valence electrons. The first-order chi connectivity index (χ1) is 12.4. The quantitative estimate of drug-likeness (QED) is 0.639. The molecule has 0 amide bonds. The lowest BCUT2D eigenvalue weighted by atomic mass is 10.2. The molecule has 1 heterocycles. The van der Waals surface area contributed by atoms with Gasteiger partial charge in [0.15, 0.2) is 0 Å². The van der Waals surface area contributed by atoms with Crippen LogP contribution in [0.4, 0.5) is 0 Å². The Balaban J connectivity index is 1.74. The number of aromatic nitrogens is 2. The van der Waals surface area contributed by atoms with E-state index in [1.54, 1.807) is 20.4 Å². The molecule has 0 bridgehead atoms. The van der Waals surface area contributed by atoms with E-state index in [4.69, 9.17) is 4.74 Å². The number of hydrogen-bond acceptors (Lipinski definition) is 4. The van der Waals surface area contributed by atoms with Gasteiger partial charge in [0, 0.05) is 25.5 Å². The van der Waals surface area contributed by atoms with Crippen LogP contribution >= 0.6 is 0 Å². The number of sulfonamides is 1. The summed E-state index contributed by atoms with van der Waals surface area (Å²) in [5.74, 6) is 0.715. The van der Waals surface area contributed by atoms with Gasteiger partial charge >= 0.3 is 0 Å². The van der Waals surface area contributed by atoms with Crippen molar-refractivity contribution in [2.75, 3.05) is 14.2 Å².